The van der Waals surface area contributed by atoms with E-state index in [1.165, 1.54) is 4.90 Å². The second-order valence-electron chi connectivity index (χ2n) is 4.12. The quantitative estimate of drug-likeness (QED) is 0.811. The van der Waals surface area contributed by atoms with Crippen LogP contribution < -0.4 is 5.73 Å². The number of carbonyl (C=O) groups excluding carboxylic acids is 2. The third kappa shape index (κ3) is 3.51. The van der Waals surface area contributed by atoms with E-state index in [0.29, 0.717) is 19.4 Å². The molecule has 0 aromatic rings. The minimum atomic E-state index is -1.77. The third-order valence-electron chi connectivity index (χ3n) is 2.95. The van der Waals surface area contributed by atoms with Crippen LogP contribution in [-0.4, -0.2) is 29.3 Å². The van der Waals surface area contributed by atoms with Crippen molar-refractivity contribution < 1.29 is 18.4 Å². The highest BCUT2D eigenvalue weighted by Gasteiger charge is 2.32. The lowest BCUT2D eigenvalue weighted by atomic mass is 9.94. The van der Waals surface area contributed by atoms with Gasteiger partial charge in [0.25, 0.3) is 6.08 Å². The van der Waals surface area contributed by atoms with Gasteiger partial charge < -0.3 is 10.6 Å². The summed E-state index contributed by atoms with van der Waals surface area (Å²) in [5.74, 6) is -1.27. The Morgan fingerprint density at radius 3 is 2.71 bits per heavy atom. The Morgan fingerprint density at radius 2 is 2.29 bits per heavy atom. The molecule has 0 saturated carbocycles. The molecule has 17 heavy (non-hydrogen) atoms. The molecule has 96 valence electrons. The average molecular weight is 246 g/mol. The van der Waals surface area contributed by atoms with E-state index < -0.39 is 23.9 Å². The summed E-state index contributed by atoms with van der Waals surface area (Å²) in [6.45, 7) is 2.06. The Labute approximate surface area is 98.4 Å². The number of allylic oxidation sites excluding steroid dienone is 1. The van der Waals surface area contributed by atoms with E-state index in [2.05, 4.69) is 0 Å². The molecular weight excluding hydrogens is 230 g/mol. The van der Waals surface area contributed by atoms with Crippen molar-refractivity contribution in [3.05, 3.63) is 12.2 Å². The van der Waals surface area contributed by atoms with Crippen LogP contribution in [0.3, 0.4) is 0 Å². The lowest BCUT2D eigenvalue weighted by molar-refractivity contribution is -0.142. The van der Waals surface area contributed by atoms with Crippen molar-refractivity contribution in [3.8, 4) is 0 Å². The molecule has 0 bridgehead atoms. The first-order chi connectivity index (χ1) is 7.95. The molecule has 2 N–H and O–H groups in total. The van der Waals surface area contributed by atoms with Gasteiger partial charge in [-0.1, -0.05) is 6.92 Å². The van der Waals surface area contributed by atoms with E-state index in [0.717, 1.165) is 6.08 Å². The molecule has 4 nitrogen and oxygen atoms in total. The zero-order chi connectivity index (χ0) is 13.0. The SMILES string of the molecule is CCC(C(N)=O)N1CCC(C=C(F)F)CC1=O. The Morgan fingerprint density at radius 1 is 1.65 bits per heavy atom. The molecule has 1 saturated heterocycles. The number of hydrogen-bond acceptors (Lipinski definition) is 2. The normalized spacial score (nSPS) is 22.2. The van der Waals surface area contributed by atoms with Crippen LogP contribution in [0.4, 0.5) is 8.78 Å². The van der Waals surface area contributed by atoms with Gasteiger partial charge in [-0.2, -0.15) is 8.78 Å². The zero-order valence-electron chi connectivity index (χ0n) is 9.66. The smallest absolute Gasteiger partial charge is 0.266 e. The van der Waals surface area contributed by atoms with Crippen molar-refractivity contribution >= 4 is 11.8 Å². The Bertz CT molecular complexity index is 340. The molecule has 1 rings (SSSR count). The molecule has 1 aliphatic heterocycles. The Hall–Kier alpha value is -1.46. The predicted octanol–water partition coefficient (Wildman–Crippen LogP) is 1.27. The number of rotatable bonds is 4. The fourth-order valence-corrected chi connectivity index (χ4v) is 2.10. The summed E-state index contributed by atoms with van der Waals surface area (Å²) >= 11 is 0. The van der Waals surface area contributed by atoms with Crippen molar-refractivity contribution in [2.75, 3.05) is 6.54 Å². The minimum absolute atomic E-state index is 0.0150. The molecule has 0 spiro atoms. The van der Waals surface area contributed by atoms with E-state index in [4.69, 9.17) is 5.73 Å². The molecule has 2 unspecified atom stereocenters. The van der Waals surface area contributed by atoms with Gasteiger partial charge in [0, 0.05) is 13.0 Å². The maximum atomic E-state index is 12.1. The number of nitrogens with zero attached hydrogens (tertiary/aromatic N) is 1. The standard InChI is InChI=1S/C11H16F2N2O2/c1-2-8(11(14)17)15-4-3-7(5-9(12)13)6-10(15)16/h5,7-8H,2-4,6H2,1H3,(H2,14,17). The van der Waals surface area contributed by atoms with Gasteiger partial charge in [-0.15, -0.1) is 0 Å². The van der Waals surface area contributed by atoms with Crippen molar-refractivity contribution in [1.29, 1.82) is 0 Å². The van der Waals surface area contributed by atoms with Crippen LogP contribution in [0.5, 0.6) is 0 Å². The van der Waals surface area contributed by atoms with Crippen molar-refractivity contribution in [1.82, 2.24) is 4.90 Å². The van der Waals surface area contributed by atoms with Gasteiger partial charge >= 0.3 is 0 Å². The molecule has 0 radical (unpaired) electrons. The number of likely N-dealkylation sites (tertiary alicyclic amines) is 1. The van der Waals surface area contributed by atoms with E-state index in [1.54, 1.807) is 6.92 Å². The highest BCUT2D eigenvalue weighted by molar-refractivity contribution is 5.87. The molecule has 6 heteroatoms. The van der Waals surface area contributed by atoms with Crippen molar-refractivity contribution in [2.24, 2.45) is 11.7 Å². The largest absolute Gasteiger partial charge is 0.368 e. The van der Waals surface area contributed by atoms with Gasteiger partial charge in [-0.3, -0.25) is 9.59 Å². The maximum absolute atomic E-state index is 12.1. The first-order valence-electron chi connectivity index (χ1n) is 5.57. The fraction of sp³-hybridized carbons (Fsp3) is 0.636. The first kappa shape index (κ1) is 13.6. The average Bonchev–Trinajstić information content (AvgIpc) is 2.20. The van der Waals surface area contributed by atoms with E-state index in [-0.39, 0.29) is 12.3 Å². The van der Waals surface area contributed by atoms with Crippen molar-refractivity contribution in [2.45, 2.75) is 32.2 Å². The van der Waals surface area contributed by atoms with Crippen molar-refractivity contribution in [3.63, 3.8) is 0 Å². The van der Waals surface area contributed by atoms with Crippen LogP contribution in [-0.2, 0) is 9.59 Å². The molecule has 1 aliphatic rings. The molecule has 1 heterocycles. The number of hydrogen-bond donors (Lipinski definition) is 1. The third-order valence-corrected chi connectivity index (χ3v) is 2.95. The monoisotopic (exact) mass is 246 g/mol. The first-order valence-corrected chi connectivity index (χ1v) is 5.57. The topological polar surface area (TPSA) is 63.4 Å². The Kier molecular flexibility index (Phi) is 4.60. The van der Waals surface area contributed by atoms with Crippen LogP contribution >= 0.6 is 0 Å². The number of nitrogens with two attached hydrogens (primary N) is 1. The van der Waals surface area contributed by atoms with E-state index >= 15 is 0 Å². The van der Waals surface area contributed by atoms with Crippen LogP contribution in [0.25, 0.3) is 0 Å². The van der Waals surface area contributed by atoms with Gasteiger partial charge in [0.15, 0.2) is 0 Å². The second-order valence-corrected chi connectivity index (χ2v) is 4.12. The molecule has 0 aliphatic carbocycles. The van der Waals surface area contributed by atoms with Gasteiger partial charge in [-0.25, -0.2) is 0 Å². The number of carbonyl (C=O) groups is 2. The minimum Gasteiger partial charge on any atom is -0.368 e. The maximum Gasteiger partial charge on any atom is 0.266 e. The number of primary amides is 1. The summed E-state index contributed by atoms with van der Waals surface area (Å²) in [4.78, 5) is 24.3. The molecular formula is C11H16F2N2O2. The number of piperidine rings is 1. The lowest BCUT2D eigenvalue weighted by Crippen LogP contribution is -2.50. The zero-order valence-corrected chi connectivity index (χ0v) is 9.66. The molecule has 2 amide bonds. The number of amides is 2. The van der Waals surface area contributed by atoms with E-state index in [1.807, 2.05) is 0 Å². The molecule has 0 aromatic carbocycles. The second kappa shape index (κ2) is 5.75. The molecule has 0 aromatic heterocycles. The summed E-state index contributed by atoms with van der Waals surface area (Å²) in [7, 11) is 0. The van der Waals surface area contributed by atoms with Crippen LogP contribution in [0, 0.1) is 5.92 Å². The predicted molar refractivity (Wildman–Crippen MR) is 58.0 cm³/mol. The summed E-state index contributed by atoms with van der Waals surface area (Å²) in [5.41, 5.74) is 5.19. The number of halogens is 2. The van der Waals surface area contributed by atoms with Gasteiger partial charge in [0.1, 0.15) is 6.04 Å². The summed E-state index contributed by atoms with van der Waals surface area (Å²) < 4.78 is 24.1. The Balaban J connectivity index is 2.68. The summed E-state index contributed by atoms with van der Waals surface area (Å²) in [6, 6.07) is -0.623. The highest BCUT2D eigenvalue weighted by atomic mass is 19.3. The van der Waals surface area contributed by atoms with Gasteiger partial charge in [0.05, 0.1) is 0 Å². The van der Waals surface area contributed by atoms with Crippen LogP contribution in [0.1, 0.15) is 26.2 Å². The molecule has 1 fully saturated rings. The van der Waals surface area contributed by atoms with Gasteiger partial charge in [-0.05, 0) is 24.8 Å². The summed E-state index contributed by atoms with van der Waals surface area (Å²) in [5, 5.41) is 0. The lowest BCUT2D eigenvalue weighted by Gasteiger charge is -2.34. The van der Waals surface area contributed by atoms with E-state index in [9.17, 15) is 18.4 Å². The van der Waals surface area contributed by atoms with Gasteiger partial charge in [0.2, 0.25) is 11.8 Å². The van der Waals surface area contributed by atoms with Crippen LogP contribution in [0.15, 0.2) is 12.2 Å². The highest BCUT2D eigenvalue weighted by Crippen LogP contribution is 2.23. The molecule has 2 atom stereocenters. The fourth-order valence-electron chi connectivity index (χ4n) is 2.10. The van der Waals surface area contributed by atoms with Crippen LogP contribution in [0.2, 0.25) is 0 Å². The summed E-state index contributed by atoms with van der Waals surface area (Å²) in [6.07, 6.45) is -0.0637.